The molecule has 0 amide bonds. The molecular formula is C20H20N2O3. The molecule has 0 aliphatic heterocycles. The predicted molar refractivity (Wildman–Crippen MR) is 96.3 cm³/mol. The number of carbonyl (C=O) groups is 1. The summed E-state index contributed by atoms with van der Waals surface area (Å²) in [5.41, 5.74) is 7.66. The molecule has 0 aliphatic rings. The third kappa shape index (κ3) is 3.19. The Balaban J connectivity index is 2.20. The molecule has 5 nitrogen and oxygen atoms in total. The smallest absolute Gasteiger partial charge is 0.308 e. The first-order valence-corrected chi connectivity index (χ1v) is 7.94. The number of ether oxygens (including phenoxy) is 2. The lowest BCUT2D eigenvalue weighted by Gasteiger charge is -2.30. The number of para-hydroxylation sites is 2. The van der Waals surface area contributed by atoms with Gasteiger partial charge in [-0.1, -0.05) is 42.5 Å². The van der Waals surface area contributed by atoms with Gasteiger partial charge in [0.25, 0.3) is 0 Å². The second-order valence-electron chi connectivity index (χ2n) is 5.81. The first-order chi connectivity index (χ1) is 12.1. The van der Waals surface area contributed by atoms with Gasteiger partial charge in [0, 0.05) is 10.9 Å². The molecule has 0 bridgehead atoms. The Bertz CT molecular complexity index is 910. The molecule has 5 heteroatoms. The van der Waals surface area contributed by atoms with E-state index in [0.29, 0.717) is 17.0 Å². The Morgan fingerprint density at radius 2 is 1.76 bits per heavy atom. The van der Waals surface area contributed by atoms with Crippen LogP contribution in [-0.4, -0.2) is 25.2 Å². The van der Waals surface area contributed by atoms with Crippen molar-refractivity contribution < 1.29 is 14.3 Å². The number of rotatable bonds is 5. The van der Waals surface area contributed by atoms with Crippen LogP contribution in [0.1, 0.15) is 17.7 Å². The van der Waals surface area contributed by atoms with Gasteiger partial charge in [-0.25, -0.2) is 0 Å². The molecular weight excluding hydrogens is 316 g/mol. The van der Waals surface area contributed by atoms with Crippen LogP contribution in [0, 0.1) is 0 Å². The number of nitrogens with two attached hydrogens (primary N) is 1. The summed E-state index contributed by atoms with van der Waals surface area (Å²) in [6, 6.07) is 18.9. The summed E-state index contributed by atoms with van der Waals surface area (Å²) in [5, 5.41) is 1.01. The minimum atomic E-state index is -1.16. The number of carbonyl (C=O) groups excluding carboxylic acids is 1. The summed E-state index contributed by atoms with van der Waals surface area (Å²) in [7, 11) is 2.92. The summed E-state index contributed by atoms with van der Waals surface area (Å²) in [4.78, 5) is 16.8. The first-order valence-electron chi connectivity index (χ1n) is 7.94. The number of hydrogen-bond acceptors (Lipinski definition) is 5. The molecule has 0 saturated heterocycles. The number of fused-ring (bicyclic) bond motifs is 1. The lowest BCUT2D eigenvalue weighted by molar-refractivity contribution is -0.141. The van der Waals surface area contributed by atoms with Crippen molar-refractivity contribution >= 4 is 16.9 Å². The van der Waals surface area contributed by atoms with E-state index in [9.17, 15) is 4.79 Å². The van der Waals surface area contributed by atoms with Crippen molar-refractivity contribution in [2.45, 2.75) is 12.0 Å². The maximum absolute atomic E-state index is 12.1. The number of nitrogens with zero attached hydrogens (tertiary/aromatic N) is 1. The van der Waals surface area contributed by atoms with E-state index < -0.39 is 11.5 Å². The quantitative estimate of drug-likeness (QED) is 0.725. The fourth-order valence-electron chi connectivity index (χ4n) is 2.95. The van der Waals surface area contributed by atoms with E-state index in [1.807, 2.05) is 60.7 Å². The zero-order chi connectivity index (χ0) is 17.9. The van der Waals surface area contributed by atoms with Crippen LogP contribution >= 0.6 is 0 Å². The van der Waals surface area contributed by atoms with Gasteiger partial charge in [-0.3, -0.25) is 9.78 Å². The number of methoxy groups -OCH3 is 2. The molecule has 2 aromatic carbocycles. The summed E-state index contributed by atoms with van der Waals surface area (Å²) in [6.45, 7) is 0. The number of pyridine rings is 1. The highest BCUT2D eigenvalue weighted by atomic mass is 16.5. The number of hydrogen-bond donors (Lipinski definition) is 1. The van der Waals surface area contributed by atoms with E-state index in [0.717, 1.165) is 10.9 Å². The van der Waals surface area contributed by atoms with Gasteiger partial charge in [-0.15, -0.1) is 0 Å². The lowest BCUT2D eigenvalue weighted by Crippen LogP contribution is -2.41. The molecule has 0 aliphatic carbocycles. The summed E-state index contributed by atoms with van der Waals surface area (Å²) in [6.07, 6.45) is -0.0464. The van der Waals surface area contributed by atoms with Crippen molar-refractivity contribution in [2.24, 2.45) is 5.73 Å². The summed E-state index contributed by atoms with van der Waals surface area (Å²) < 4.78 is 10.3. The highest BCUT2D eigenvalue weighted by Crippen LogP contribution is 2.36. The van der Waals surface area contributed by atoms with Gasteiger partial charge in [0.1, 0.15) is 5.75 Å². The van der Waals surface area contributed by atoms with Crippen molar-refractivity contribution in [3.8, 4) is 5.75 Å². The SMILES string of the molecule is COC(=O)CC(N)(c1ccc2ccccc2n1)c1ccccc1OC. The normalized spacial score (nSPS) is 13.2. The molecule has 1 unspecified atom stereocenters. The highest BCUT2D eigenvalue weighted by Gasteiger charge is 2.37. The van der Waals surface area contributed by atoms with Crippen LogP contribution in [-0.2, 0) is 15.1 Å². The maximum atomic E-state index is 12.1. The van der Waals surface area contributed by atoms with Crippen LogP contribution in [0.25, 0.3) is 10.9 Å². The lowest BCUT2D eigenvalue weighted by atomic mass is 9.83. The third-order valence-corrected chi connectivity index (χ3v) is 4.29. The topological polar surface area (TPSA) is 74.4 Å². The zero-order valence-corrected chi connectivity index (χ0v) is 14.2. The van der Waals surface area contributed by atoms with E-state index >= 15 is 0 Å². The van der Waals surface area contributed by atoms with E-state index in [2.05, 4.69) is 0 Å². The van der Waals surface area contributed by atoms with Crippen molar-refractivity contribution in [2.75, 3.05) is 14.2 Å². The molecule has 1 heterocycles. The number of aromatic nitrogens is 1. The van der Waals surface area contributed by atoms with Crippen molar-refractivity contribution in [1.82, 2.24) is 4.98 Å². The number of benzene rings is 2. The maximum Gasteiger partial charge on any atom is 0.308 e. The van der Waals surface area contributed by atoms with Crippen molar-refractivity contribution in [3.63, 3.8) is 0 Å². The van der Waals surface area contributed by atoms with Gasteiger partial charge in [-0.2, -0.15) is 0 Å². The summed E-state index contributed by atoms with van der Waals surface area (Å²) >= 11 is 0. The van der Waals surface area contributed by atoms with Gasteiger partial charge in [0.05, 0.1) is 37.4 Å². The molecule has 1 aromatic heterocycles. The molecule has 1 atom stereocenters. The fraction of sp³-hybridized carbons (Fsp3) is 0.200. The Morgan fingerprint density at radius 1 is 1.04 bits per heavy atom. The van der Waals surface area contributed by atoms with Crippen LogP contribution < -0.4 is 10.5 Å². The van der Waals surface area contributed by atoms with Crippen LogP contribution in [0.2, 0.25) is 0 Å². The van der Waals surface area contributed by atoms with Crippen LogP contribution in [0.15, 0.2) is 60.7 Å². The second-order valence-corrected chi connectivity index (χ2v) is 5.81. The highest BCUT2D eigenvalue weighted by molar-refractivity contribution is 5.79. The van der Waals surface area contributed by atoms with E-state index in [4.69, 9.17) is 20.2 Å². The predicted octanol–water partition coefficient (Wildman–Crippen LogP) is 3.01. The molecule has 128 valence electrons. The van der Waals surface area contributed by atoms with Gasteiger partial charge >= 0.3 is 5.97 Å². The Kier molecular flexibility index (Phi) is 4.67. The molecule has 25 heavy (non-hydrogen) atoms. The van der Waals surface area contributed by atoms with Crippen LogP contribution in [0.3, 0.4) is 0 Å². The monoisotopic (exact) mass is 336 g/mol. The summed E-state index contributed by atoms with van der Waals surface area (Å²) in [5.74, 6) is 0.187. The van der Waals surface area contributed by atoms with E-state index in [1.54, 1.807) is 7.11 Å². The van der Waals surface area contributed by atoms with Crippen molar-refractivity contribution in [1.29, 1.82) is 0 Å². The largest absolute Gasteiger partial charge is 0.496 e. The van der Waals surface area contributed by atoms with E-state index in [1.165, 1.54) is 7.11 Å². The zero-order valence-electron chi connectivity index (χ0n) is 14.2. The van der Waals surface area contributed by atoms with Gasteiger partial charge in [0.2, 0.25) is 0 Å². The number of esters is 1. The molecule has 0 fully saturated rings. The average molecular weight is 336 g/mol. The fourth-order valence-corrected chi connectivity index (χ4v) is 2.95. The van der Waals surface area contributed by atoms with Crippen LogP contribution in [0.5, 0.6) is 5.75 Å². The Hall–Kier alpha value is -2.92. The Labute approximate surface area is 146 Å². The first kappa shape index (κ1) is 16.9. The minimum absolute atomic E-state index is 0.0464. The third-order valence-electron chi connectivity index (χ3n) is 4.29. The molecule has 3 aromatic rings. The molecule has 0 spiro atoms. The van der Waals surface area contributed by atoms with Gasteiger partial charge in [-0.05, 0) is 18.2 Å². The molecule has 0 saturated carbocycles. The molecule has 2 N–H and O–H groups in total. The van der Waals surface area contributed by atoms with E-state index in [-0.39, 0.29) is 6.42 Å². The minimum Gasteiger partial charge on any atom is -0.496 e. The van der Waals surface area contributed by atoms with Gasteiger partial charge < -0.3 is 15.2 Å². The standard InChI is InChI=1S/C20H20N2O3/c1-24-17-10-6-4-8-15(17)20(21,13-19(23)25-2)18-12-11-14-7-3-5-9-16(14)22-18/h3-12H,13,21H2,1-2H3. The average Bonchev–Trinajstić information content (AvgIpc) is 2.67. The molecule has 3 rings (SSSR count). The Morgan fingerprint density at radius 3 is 2.52 bits per heavy atom. The second kappa shape index (κ2) is 6.91. The van der Waals surface area contributed by atoms with Crippen molar-refractivity contribution in [3.05, 3.63) is 71.9 Å². The van der Waals surface area contributed by atoms with Crippen LogP contribution in [0.4, 0.5) is 0 Å². The molecule has 0 radical (unpaired) electrons. The van der Waals surface area contributed by atoms with Gasteiger partial charge in [0.15, 0.2) is 0 Å².